The number of hydrogen-bond donors (Lipinski definition) is 2. The van der Waals surface area contributed by atoms with Crippen LogP contribution in [0.4, 0.5) is 5.69 Å². The fourth-order valence-electron chi connectivity index (χ4n) is 3.46. The van der Waals surface area contributed by atoms with Crippen molar-refractivity contribution in [1.82, 2.24) is 15.1 Å². The van der Waals surface area contributed by atoms with E-state index in [4.69, 9.17) is 4.99 Å². The summed E-state index contributed by atoms with van der Waals surface area (Å²) in [4.78, 5) is 17.7. The number of hydrogen-bond acceptors (Lipinski definition) is 3. The van der Waals surface area contributed by atoms with Crippen LogP contribution >= 0.6 is 0 Å². The molecule has 0 spiro atoms. The summed E-state index contributed by atoms with van der Waals surface area (Å²) >= 11 is 0. The van der Waals surface area contributed by atoms with E-state index in [0.29, 0.717) is 18.1 Å². The van der Waals surface area contributed by atoms with E-state index in [1.54, 1.807) is 0 Å². The third kappa shape index (κ3) is 5.20. The third-order valence-electron chi connectivity index (χ3n) is 5.71. The van der Waals surface area contributed by atoms with Gasteiger partial charge in [-0.2, -0.15) is 5.10 Å². The van der Waals surface area contributed by atoms with Crippen molar-refractivity contribution < 1.29 is 4.79 Å². The van der Waals surface area contributed by atoms with Gasteiger partial charge < -0.3 is 5.32 Å². The zero-order valence-electron chi connectivity index (χ0n) is 19.2. The molecule has 0 unspecified atom stereocenters. The van der Waals surface area contributed by atoms with Crippen molar-refractivity contribution in [1.29, 1.82) is 0 Å². The van der Waals surface area contributed by atoms with E-state index in [1.165, 1.54) is 0 Å². The third-order valence-corrected chi connectivity index (χ3v) is 5.71. The minimum atomic E-state index is -0.192. The summed E-state index contributed by atoms with van der Waals surface area (Å²) in [5, 5.41) is 10.8. The number of amides is 1. The second kappa shape index (κ2) is 9.60. The van der Waals surface area contributed by atoms with Gasteiger partial charge in [-0.25, -0.2) is 4.99 Å². The molecule has 3 rings (SSSR count). The van der Waals surface area contributed by atoms with Crippen LogP contribution in [0.3, 0.4) is 0 Å². The predicted octanol–water partition coefficient (Wildman–Crippen LogP) is 4.61. The van der Waals surface area contributed by atoms with E-state index >= 15 is 0 Å². The predicted molar refractivity (Wildman–Crippen MR) is 127 cm³/mol. The number of benzene rings is 2. The number of aryl methyl sites for hydroxylation is 5. The fourth-order valence-corrected chi connectivity index (χ4v) is 3.46. The van der Waals surface area contributed by atoms with Crippen LogP contribution in [0.15, 0.2) is 47.5 Å². The molecule has 0 radical (unpaired) electrons. The number of aliphatic imine (C=N–C) groups is 1. The van der Waals surface area contributed by atoms with Crippen molar-refractivity contribution in [2.75, 3.05) is 5.32 Å². The van der Waals surface area contributed by atoms with Crippen LogP contribution < -0.4 is 10.6 Å². The highest BCUT2D eigenvalue weighted by Crippen LogP contribution is 2.17. The van der Waals surface area contributed by atoms with Gasteiger partial charge in [0.05, 0.1) is 12.2 Å². The lowest BCUT2D eigenvalue weighted by molar-refractivity contribution is 0.0977. The van der Waals surface area contributed by atoms with Gasteiger partial charge in [0.2, 0.25) is 5.96 Å². The lowest BCUT2D eigenvalue weighted by atomic mass is 10.1. The van der Waals surface area contributed by atoms with Crippen molar-refractivity contribution in [3.8, 4) is 0 Å². The number of nitrogens with zero attached hydrogens (tertiary/aromatic N) is 3. The van der Waals surface area contributed by atoms with Crippen molar-refractivity contribution in [3.63, 3.8) is 0 Å². The maximum atomic E-state index is 13.0. The Morgan fingerprint density at radius 1 is 1.06 bits per heavy atom. The smallest absolute Gasteiger partial charge is 0.257 e. The lowest BCUT2D eigenvalue weighted by Gasteiger charge is -2.15. The Labute approximate surface area is 184 Å². The topological polar surface area (TPSA) is 71.3 Å². The van der Waals surface area contributed by atoms with Gasteiger partial charge in [-0.3, -0.25) is 14.8 Å². The molecule has 31 heavy (non-hydrogen) atoms. The average molecular weight is 418 g/mol. The summed E-state index contributed by atoms with van der Waals surface area (Å²) in [6, 6.07) is 13.7. The van der Waals surface area contributed by atoms with Gasteiger partial charge in [0.25, 0.3) is 5.91 Å². The van der Waals surface area contributed by atoms with Crippen LogP contribution in [0.25, 0.3) is 0 Å². The first kappa shape index (κ1) is 22.3. The number of carbonyl (C=O) groups is 1. The zero-order chi connectivity index (χ0) is 22.5. The molecule has 0 fully saturated rings. The Hall–Kier alpha value is -3.41. The summed E-state index contributed by atoms with van der Waals surface area (Å²) in [6.07, 6.45) is 0.877. The number of carbonyl (C=O) groups excluding carboxylic acids is 1. The molecule has 3 aromatic rings. The van der Waals surface area contributed by atoms with Crippen molar-refractivity contribution in [2.24, 2.45) is 12.0 Å². The van der Waals surface area contributed by atoms with E-state index in [-0.39, 0.29) is 5.91 Å². The minimum Gasteiger partial charge on any atom is -0.326 e. The number of nitrogens with one attached hydrogen (secondary N) is 2. The maximum absolute atomic E-state index is 13.0. The molecule has 1 heterocycles. The largest absolute Gasteiger partial charge is 0.326 e. The molecule has 6 heteroatoms. The number of para-hydroxylation sites is 1. The van der Waals surface area contributed by atoms with Gasteiger partial charge in [-0.15, -0.1) is 0 Å². The molecule has 1 aromatic heterocycles. The molecule has 0 aliphatic rings. The zero-order valence-corrected chi connectivity index (χ0v) is 19.2. The Bertz CT molecular complexity index is 1130. The molecule has 0 atom stereocenters. The quantitative estimate of drug-likeness (QED) is 0.470. The molecule has 1 amide bonds. The normalized spacial score (nSPS) is 11.5. The Morgan fingerprint density at radius 2 is 1.81 bits per heavy atom. The minimum absolute atomic E-state index is 0.192. The Balaban J connectivity index is 1.91. The second-order valence-electron chi connectivity index (χ2n) is 7.83. The highest BCUT2D eigenvalue weighted by Gasteiger charge is 2.13. The standard InChI is InChI=1S/C25H31N5O/c1-7-20-10-8-9-11-23(20)27-25(26-15-22-18(4)29-30(6)19(22)5)28-24(31)21-13-12-16(2)17(3)14-21/h8-14H,7,15H2,1-6H3,(H2,26,27,28,31). The summed E-state index contributed by atoms with van der Waals surface area (Å²) in [7, 11) is 1.92. The van der Waals surface area contributed by atoms with Gasteiger partial charge >= 0.3 is 0 Å². The van der Waals surface area contributed by atoms with Crippen LogP contribution in [-0.4, -0.2) is 21.6 Å². The molecule has 2 aromatic carbocycles. The van der Waals surface area contributed by atoms with Crippen LogP contribution in [0.1, 0.15) is 50.9 Å². The molecular weight excluding hydrogens is 386 g/mol. The van der Waals surface area contributed by atoms with Crippen molar-refractivity contribution in [3.05, 3.63) is 81.7 Å². The van der Waals surface area contributed by atoms with E-state index in [9.17, 15) is 4.79 Å². The monoisotopic (exact) mass is 417 g/mol. The molecule has 0 saturated heterocycles. The van der Waals surface area contributed by atoms with Crippen LogP contribution in [0.5, 0.6) is 0 Å². The highest BCUT2D eigenvalue weighted by molar-refractivity contribution is 6.10. The van der Waals surface area contributed by atoms with Crippen LogP contribution in [-0.2, 0) is 20.0 Å². The molecular formula is C25H31N5O. The fraction of sp³-hybridized carbons (Fsp3) is 0.320. The van der Waals surface area contributed by atoms with E-state index < -0.39 is 0 Å². The first-order chi connectivity index (χ1) is 14.8. The van der Waals surface area contributed by atoms with Gasteiger partial charge in [-0.05, 0) is 69.0 Å². The number of anilines is 1. The van der Waals surface area contributed by atoms with Gasteiger partial charge in [-0.1, -0.05) is 31.2 Å². The van der Waals surface area contributed by atoms with Gasteiger partial charge in [0.1, 0.15) is 0 Å². The molecule has 2 N–H and O–H groups in total. The SMILES string of the molecule is CCc1ccccc1NC(=NCc1c(C)nn(C)c1C)NC(=O)c1ccc(C)c(C)c1. The second-order valence-corrected chi connectivity index (χ2v) is 7.83. The van der Waals surface area contributed by atoms with Crippen molar-refractivity contribution >= 4 is 17.6 Å². The van der Waals surface area contributed by atoms with E-state index in [1.807, 2.05) is 75.8 Å². The number of aromatic nitrogens is 2. The average Bonchev–Trinajstić information content (AvgIpc) is 2.99. The first-order valence-corrected chi connectivity index (χ1v) is 10.6. The summed E-state index contributed by atoms with van der Waals surface area (Å²) in [5.41, 5.74) is 8.00. The van der Waals surface area contributed by atoms with Crippen LogP contribution in [0, 0.1) is 27.7 Å². The van der Waals surface area contributed by atoms with Crippen molar-refractivity contribution in [2.45, 2.75) is 47.6 Å². The first-order valence-electron chi connectivity index (χ1n) is 10.6. The Kier molecular flexibility index (Phi) is 6.90. The summed E-state index contributed by atoms with van der Waals surface area (Å²) in [6.45, 7) is 10.6. The number of guanidine groups is 1. The Morgan fingerprint density at radius 3 is 2.45 bits per heavy atom. The van der Waals surface area contributed by atoms with Crippen LogP contribution in [0.2, 0.25) is 0 Å². The maximum Gasteiger partial charge on any atom is 0.257 e. The molecule has 162 valence electrons. The van der Waals surface area contributed by atoms with Gasteiger partial charge in [0.15, 0.2) is 0 Å². The summed E-state index contributed by atoms with van der Waals surface area (Å²) in [5.74, 6) is 0.231. The molecule has 0 saturated carbocycles. The van der Waals surface area contributed by atoms with Gasteiger partial charge in [0, 0.05) is 29.6 Å². The molecule has 6 nitrogen and oxygen atoms in total. The van der Waals surface area contributed by atoms with E-state index in [2.05, 4.69) is 28.7 Å². The number of rotatable bonds is 5. The summed E-state index contributed by atoms with van der Waals surface area (Å²) < 4.78 is 1.85. The lowest BCUT2D eigenvalue weighted by Crippen LogP contribution is -2.36. The highest BCUT2D eigenvalue weighted by atomic mass is 16.1. The van der Waals surface area contributed by atoms with E-state index in [0.717, 1.165) is 45.7 Å². The molecule has 0 aliphatic heterocycles. The molecule has 0 bridgehead atoms. The molecule has 0 aliphatic carbocycles.